The predicted molar refractivity (Wildman–Crippen MR) is 103 cm³/mol. The largest absolute Gasteiger partial charge is 0.496 e. The number of aromatic nitrogens is 1. The number of nitrogens with zero attached hydrogens (tertiary/aromatic N) is 1. The summed E-state index contributed by atoms with van der Waals surface area (Å²) in [5, 5.41) is 5.92. The van der Waals surface area contributed by atoms with Gasteiger partial charge in [-0.15, -0.1) is 11.3 Å². The number of halogens is 1. The van der Waals surface area contributed by atoms with Crippen molar-refractivity contribution in [2.45, 2.75) is 0 Å². The molecule has 0 aliphatic heterocycles. The lowest BCUT2D eigenvalue weighted by atomic mass is 10.2. The number of rotatable bonds is 7. The Labute approximate surface area is 160 Å². The first-order chi connectivity index (χ1) is 12.7. The Kier molecular flexibility index (Phi) is 6.09. The number of nitrogens with one attached hydrogen (secondary N) is 1. The standard InChI is InChI=1S/C19H17ClN2O3S/c1-24-17-5-3-2-4-15(17)19-22-16(12-26-19)18(23)21-10-11-25-14-8-6-13(20)7-9-14/h2-9,12H,10-11H2,1H3,(H,21,23). The number of hydrogen-bond donors (Lipinski definition) is 1. The third kappa shape index (κ3) is 4.53. The van der Waals surface area contributed by atoms with Crippen molar-refractivity contribution in [2.24, 2.45) is 0 Å². The van der Waals surface area contributed by atoms with Crippen LogP contribution < -0.4 is 14.8 Å². The topological polar surface area (TPSA) is 60.5 Å². The van der Waals surface area contributed by atoms with Gasteiger partial charge < -0.3 is 14.8 Å². The van der Waals surface area contributed by atoms with E-state index in [2.05, 4.69) is 10.3 Å². The van der Waals surface area contributed by atoms with Gasteiger partial charge in [-0.3, -0.25) is 4.79 Å². The Bertz CT molecular complexity index is 881. The summed E-state index contributed by atoms with van der Waals surface area (Å²) in [5.74, 6) is 1.20. The molecule has 5 nitrogen and oxygen atoms in total. The third-order valence-corrected chi connectivity index (χ3v) is 4.67. The molecule has 26 heavy (non-hydrogen) atoms. The second kappa shape index (κ2) is 8.69. The van der Waals surface area contributed by atoms with Gasteiger partial charge in [0.2, 0.25) is 0 Å². The lowest BCUT2D eigenvalue weighted by Gasteiger charge is -2.07. The molecule has 1 amide bonds. The van der Waals surface area contributed by atoms with E-state index in [1.807, 2.05) is 24.3 Å². The van der Waals surface area contributed by atoms with Crippen LogP contribution >= 0.6 is 22.9 Å². The Hall–Kier alpha value is -2.57. The van der Waals surface area contributed by atoms with E-state index in [9.17, 15) is 4.79 Å². The highest BCUT2D eigenvalue weighted by Crippen LogP contribution is 2.31. The van der Waals surface area contributed by atoms with E-state index in [0.717, 1.165) is 16.3 Å². The zero-order valence-electron chi connectivity index (χ0n) is 14.1. The number of methoxy groups -OCH3 is 1. The van der Waals surface area contributed by atoms with E-state index in [1.54, 1.807) is 36.8 Å². The minimum Gasteiger partial charge on any atom is -0.496 e. The zero-order chi connectivity index (χ0) is 18.4. The van der Waals surface area contributed by atoms with Crippen LogP contribution in [0.2, 0.25) is 5.02 Å². The van der Waals surface area contributed by atoms with Crippen molar-refractivity contribution in [3.63, 3.8) is 0 Å². The van der Waals surface area contributed by atoms with Crippen molar-refractivity contribution in [3.8, 4) is 22.1 Å². The highest BCUT2D eigenvalue weighted by molar-refractivity contribution is 7.13. The summed E-state index contributed by atoms with van der Waals surface area (Å²) in [6.07, 6.45) is 0. The van der Waals surface area contributed by atoms with Crippen molar-refractivity contribution >= 4 is 28.8 Å². The molecule has 0 fully saturated rings. The van der Waals surface area contributed by atoms with E-state index in [4.69, 9.17) is 21.1 Å². The van der Waals surface area contributed by atoms with Crippen LogP contribution in [0.1, 0.15) is 10.5 Å². The van der Waals surface area contributed by atoms with Gasteiger partial charge in [-0.25, -0.2) is 4.98 Å². The highest BCUT2D eigenvalue weighted by Gasteiger charge is 2.14. The molecule has 0 unspecified atom stereocenters. The van der Waals surface area contributed by atoms with E-state index >= 15 is 0 Å². The Morgan fingerprint density at radius 2 is 1.96 bits per heavy atom. The molecular formula is C19H17ClN2O3S. The van der Waals surface area contributed by atoms with Crippen molar-refractivity contribution in [1.82, 2.24) is 10.3 Å². The van der Waals surface area contributed by atoms with Crippen LogP contribution in [0, 0.1) is 0 Å². The summed E-state index contributed by atoms with van der Waals surface area (Å²) in [7, 11) is 1.61. The van der Waals surface area contributed by atoms with Crippen LogP contribution in [0.25, 0.3) is 10.6 Å². The van der Waals surface area contributed by atoms with Crippen molar-refractivity contribution in [1.29, 1.82) is 0 Å². The Morgan fingerprint density at radius 1 is 1.19 bits per heavy atom. The quantitative estimate of drug-likeness (QED) is 0.613. The van der Waals surface area contributed by atoms with Crippen LogP contribution in [0.5, 0.6) is 11.5 Å². The fourth-order valence-corrected chi connectivity index (χ4v) is 3.23. The van der Waals surface area contributed by atoms with E-state index < -0.39 is 0 Å². The molecule has 0 aliphatic carbocycles. The number of carbonyl (C=O) groups is 1. The van der Waals surface area contributed by atoms with Crippen LogP contribution in [-0.4, -0.2) is 31.2 Å². The number of carbonyl (C=O) groups excluding carboxylic acids is 1. The number of ether oxygens (including phenoxy) is 2. The van der Waals surface area contributed by atoms with Gasteiger partial charge in [0.15, 0.2) is 0 Å². The minimum atomic E-state index is -0.234. The van der Waals surface area contributed by atoms with E-state index in [0.29, 0.717) is 29.6 Å². The molecule has 0 spiro atoms. The van der Waals surface area contributed by atoms with Crippen LogP contribution in [0.15, 0.2) is 53.9 Å². The molecule has 0 atom stereocenters. The lowest BCUT2D eigenvalue weighted by molar-refractivity contribution is 0.0943. The number of benzene rings is 2. The molecule has 1 N–H and O–H groups in total. The maximum atomic E-state index is 12.2. The van der Waals surface area contributed by atoms with Crippen molar-refractivity contribution in [3.05, 3.63) is 64.6 Å². The monoisotopic (exact) mass is 388 g/mol. The first kappa shape index (κ1) is 18.2. The molecule has 3 aromatic rings. The van der Waals surface area contributed by atoms with E-state index in [-0.39, 0.29) is 5.91 Å². The molecule has 134 valence electrons. The molecule has 1 heterocycles. The molecule has 7 heteroatoms. The van der Waals surface area contributed by atoms with Crippen molar-refractivity contribution < 1.29 is 14.3 Å². The van der Waals surface area contributed by atoms with Gasteiger partial charge >= 0.3 is 0 Å². The first-order valence-corrected chi connectivity index (χ1v) is 9.18. The third-order valence-electron chi connectivity index (χ3n) is 3.54. The lowest BCUT2D eigenvalue weighted by Crippen LogP contribution is -2.28. The maximum Gasteiger partial charge on any atom is 0.270 e. The second-order valence-electron chi connectivity index (χ2n) is 5.30. The van der Waals surface area contributed by atoms with Crippen LogP contribution in [-0.2, 0) is 0 Å². The minimum absolute atomic E-state index is 0.234. The van der Waals surface area contributed by atoms with Gasteiger partial charge in [0.05, 0.1) is 19.2 Å². The average molecular weight is 389 g/mol. The highest BCUT2D eigenvalue weighted by atomic mass is 35.5. The summed E-state index contributed by atoms with van der Waals surface area (Å²) in [6, 6.07) is 14.7. The van der Waals surface area contributed by atoms with Gasteiger partial charge in [-0.2, -0.15) is 0 Å². The normalized spacial score (nSPS) is 10.4. The molecule has 1 aromatic heterocycles. The van der Waals surface area contributed by atoms with Gasteiger partial charge in [0.25, 0.3) is 5.91 Å². The maximum absolute atomic E-state index is 12.2. The molecular weight excluding hydrogens is 372 g/mol. The SMILES string of the molecule is COc1ccccc1-c1nc(C(=O)NCCOc2ccc(Cl)cc2)cs1. The van der Waals surface area contributed by atoms with Gasteiger partial charge in [0.1, 0.15) is 28.8 Å². The van der Waals surface area contributed by atoms with Crippen LogP contribution in [0.3, 0.4) is 0 Å². The van der Waals surface area contributed by atoms with E-state index in [1.165, 1.54) is 11.3 Å². The Balaban J connectivity index is 1.54. The molecule has 0 radical (unpaired) electrons. The smallest absolute Gasteiger partial charge is 0.270 e. The van der Waals surface area contributed by atoms with Gasteiger partial charge in [-0.1, -0.05) is 23.7 Å². The number of hydrogen-bond acceptors (Lipinski definition) is 5. The second-order valence-corrected chi connectivity index (χ2v) is 6.59. The molecule has 0 saturated heterocycles. The molecule has 0 aliphatic rings. The van der Waals surface area contributed by atoms with Gasteiger partial charge in [0, 0.05) is 10.4 Å². The average Bonchev–Trinajstić information content (AvgIpc) is 3.16. The first-order valence-electron chi connectivity index (χ1n) is 7.93. The fraction of sp³-hybridized carbons (Fsp3) is 0.158. The fourth-order valence-electron chi connectivity index (χ4n) is 2.28. The van der Waals surface area contributed by atoms with Crippen molar-refractivity contribution in [2.75, 3.05) is 20.3 Å². The molecule has 3 rings (SSSR count). The number of para-hydroxylation sites is 1. The molecule has 2 aromatic carbocycles. The molecule has 0 saturated carbocycles. The summed E-state index contributed by atoms with van der Waals surface area (Å²) in [4.78, 5) is 16.6. The summed E-state index contributed by atoms with van der Waals surface area (Å²) >= 11 is 7.22. The summed E-state index contributed by atoms with van der Waals surface area (Å²) in [5.41, 5.74) is 1.24. The van der Waals surface area contributed by atoms with Crippen LogP contribution in [0.4, 0.5) is 0 Å². The summed E-state index contributed by atoms with van der Waals surface area (Å²) < 4.78 is 10.9. The van der Waals surface area contributed by atoms with Gasteiger partial charge in [-0.05, 0) is 36.4 Å². The summed E-state index contributed by atoms with van der Waals surface area (Å²) in [6.45, 7) is 0.736. The zero-order valence-corrected chi connectivity index (χ0v) is 15.6. The molecule has 0 bridgehead atoms. The number of thiazole rings is 1. The Morgan fingerprint density at radius 3 is 2.73 bits per heavy atom. The predicted octanol–water partition coefficient (Wildman–Crippen LogP) is 4.28. The number of amides is 1.